The highest BCUT2D eigenvalue weighted by Crippen LogP contribution is 2.34. The number of benzene rings is 2. The number of hydrogen-bond donors (Lipinski definition) is 1. The molecule has 0 unspecified atom stereocenters. The van der Waals surface area contributed by atoms with Crippen molar-refractivity contribution in [1.82, 2.24) is 0 Å². The lowest BCUT2D eigenvalue weighted by Crippen LogP contribution is -2.08. The Morgan fingerprint density at radius 1 is 0.947 bits per heavy atom. The van der Waals surface area contributed by atoms with E-state index in [0.717, 1.165) is 11.0 Å². The van der Waals surface area contributed by atoms with E-state index < -0.39 is 11.7 Å². The Hall–Kier alpha value is -1.62. The van der Waals surface area contributed by atoms with Crippen LogP contribution in [0.2, 0.25) is 0 Å². The molecule has 5 heteroatoms. The highest BCUT2D eigenvalue weighted by molar-refractivity contribution is 7.98. The van der Waals surface area contributed by atoms with Crippen LogP contribution in [-0.4, -0.2) is 5.11 Å². The molecule has 1 N–H and O–H groups in total. The molecule has 2 rings (SSSR count). The van der Waals surface area contributed by atoms with Crippen LogP contribution in [0, 0.1) is 0 Å². The van der Waals surface area contributed by atoms with Crippen molar-refractivity contribution in [1.29, 1.82) is 0 Å². The van der Waals surface area contributed by atoms with Gasteiger partial charge in [-0.25, -0.2) is 0 Å². The van der Waals surface area contributed by atoms with E-state index in [0.29, 0.717) is 0 Å². The highest BCUT2D eigenvalue weighted by atomic mass is 32.2. The zero-order valence-electron chi connectivity index (χ0n) is 9.82. The standard InChI is InChI=1S/C14H11F3OS/c15-14(16,17)13-4-2-1-3-10(13)9-19-12-7-5-11(18)6-8-12/h1-8,18H,9H2. The van der Waals surface area contributed by atoms with Gasteiger partial charge in [0.2, 0.25) is 0 Å². The molecule has 0 fully saturated rings. The fraction of sp³-hybridized carbons (Fsp3) is 0.143. The van der Waals surface area contributed by atoms with Gasteiger partial charge in [0, 0.05) is 10.6 Å². The molecular weight excluding hydrogens is 273 g/mol. The number of alkyl halides is 3. The van der Waals surface area contributed by atoms with E-state index in [1.165, 1.54) is 36.0 Å². The maximum Gasteiger partial charge on any atom is 0.416 e. The van der Waals surface area contributed by atoms with Crippen molar-refractivity contribution >= 4 is 11.8 Å². The molecule has 0 bridgehead atoms. The normalized spacial score (nSPS) is 11.5. The molecule has 0 radical (unpaired) electrons. The summed E-state index contributed by atoms with van der Waals surface area (Å²) in [5, 5.41) is 9.13. The largest absolute Gasteiger partial charge is 0.508 e. The second-order valence-corrected chi connectivity index (χ2v) is 4.99. The molecule has 0 heterocycles. The molecule has 0 aliphatic carbocycles. The van der Waals surface area contributed by atoms with E-state index >= 15 is 0 Å². The van der Waals surface area contributed by atoms with Crippen molar-refractivity contribution < 1.29 is 18.3 Å². The van der Waals surface area contributed by atoms with Crippen molar-refractivity contribution in [3.8, 4) is 5.75 Å². The minimum Gasteiger partial charge on any atom is -0.508 e. The first-order chi connectivity index (χ1) is 8.97. The molecule has 100 valence electrons. The number of halogens is 3. The van der Waals surface area contributed by atoms with Gasteiger partial charge in [-0.05, 0) is 35.9 Å². The van der Waals surface area contributed by atoms with Gasteiger partial charge in [0.1, 0.15) is 5.75 Å². The minimum atomic E-state index is -4.33. The molecule has 0 amide bonds. The molecule has 0 saturated carbocycles. The summed E-state index contributed by atoms with van der Waals surface area (Å²) in [4.78, 5) is 0.815. The Labute approximate surface area is 113 Å². The van der Waals surface area contributed by atoms with Crippen LogP contribution in [0.5, 0.6) is 5.75 Å². The second kappa shape index (κ2) is 5.57. The topological polar surface area (TPSA) is 20.2 Å². The van der Waals surface area contributed by atoms with E-state index in [4.69, 9.17) is 5.11 Å². The van der Waals surface area contributed by atoms with Crippen molar-refractivity contribution in [2.24, 2.45) is 0 Å². The number of phenolic OH excluding ortho intramolecular Hbond substituents is 1. The van der Waals surface area contributed by atoms with Crippen LogP contribution >= 0.6 is 11.8 Å². The third-order valence-corrected chi connectivity index (χ3v) is 3.61. The number of thioether (sulfide) groups is 1. The maximum atomic E-state index is 12.8. The summed E-state index contributed by atoms with van der Waals surface area (Å²) in [5.74, 6) is 0.375. The molecule has 0 aliphatic rings. The average Bonchev–Trinajstić information content (AvgIpc) is 2.37. The second-order valence-electron chi connectivity index (χ2n) is 3.94. The van der Waals surface area contributed by atoms with Crippen LogP contribution < -0.4 is 0 Å². The summed E-state index contributed by atoms with van der Waals surface area (Å²) in [6.07, 6.45) is -4.33. The molecular formula is C14H11F3OS. The van der Waals surface area contributed by atoms with Gasteiger partial charge >= 0.3 is 6.18 Å². The predicted octanol–water partition coefficient (Wildman–Crippen LogP) is 4.70. The van der Waals surface area contributed by atoms with Gasteiger partial charge in [-0.1, -0.05) is 18.2 Å². The van der Waals surface area contributed by atoms with Gasteiger partial charge in [-0.2, -0.15) is 13.2 Å². The quantitative estimate of drug-likeness (QED) is 0.824. The zero-order chi connectivity index (χ0) is 13.9. The first kappa shape index (κ1) is 13.8. The van der Waals surface area contributed by atoms with Gasteiger partial charge in [0.05, 0.1) is 5.56 Å². The average molecular weight is 284 g/mol. The van der Waals surface area contributed by atoms with E-state index in [1.54, 1.807) is 18.2 Å². The summed E-state index contributed by atoms with van der Waals surface area (Å²) in [6.45, 7) is 0. The predicted molar refractivity (Wildman–Crippen MR) is 69.1 cm³/mol. The number of rotatable bonds is 3. The molecule has 0 aromatic heterocycles. The Bertz CT molecular complexity index is 549. The van der Waals surface area contributed by atoms with Crippen molar-refractivity contribution in [2.45, 2.75) is 16.8 Å². The van der Waals surface area contributed by atoms with Crippen LogP contribution in [0.15, 0.2) is 53.4 Å². The molecule has 0 aliphatic heterocycles. The van der Waals surface area contributed by atoms with E-state index in [2.05, 4.69) is 0 Å². The Balaban J connectivity index is 2.14. The fourth-order valence-electron chi connectivity index (χ4n) is 1.63. The van der Waals surface area contributed by atoms with E-state index in [-0.39, 0.29) is 17.1 Å². The smallest absolute Gasteiger partial charge is 0.416 e. The monoisotopic (exact) mass is 284 g/mol. The zero-order valence-corrected chi connectivity index (χ0v) is 10.6. The Morgan fingerprint density at radius 3 is 2.21 bits per heavy atom. The first-order valence-electron chi connectivity index (χ1n) is 5.54. The summed E-state index contributed by atoms with van der Waals surface area (Å²) in [6, 6.07) is 11.9. The number of phenols is 1. The fourth-order valence-corrected chi connectivity index (χ4v) is 2.53. The molecule has 0 spiro atoms. The third kappa shape index (κ3) is 3.67. The molecule has 2 aromatic rings. The minimum absolute atomic E-state index is 0.139. The van der Waals surface area contributed by atoms with Crippen molar-refractivity contribution in [3.05, 3.63) is 59.7 Å². The Kier molecular flexibility index (Phi) is 4.04. The van der Waals surface area contributed by atoms with Crippen LogP contribution in [-0.2, 0) is 11.9 Å². The summed E-state index contributed by atoms with van der Waals surface area (Å²) in [5.41, 5.74) is -0.339. The lowest BCUT2D eigenvalue weighted by molar-refractivity contribution is -0.138. The molecule has 0 atom stereocenters. The number of hydrogen-bond acceptors (Lipinski definition) is 2. The van der Waals surface area contributed by atoms with Gasteiger partial charge in [0.25, 0.3) is 0 Å². The van der Waals surface area contributed by atoms with Gasteiger partial charge in [-0.15, -0.1) is 11.8 Å². The van der Waals surface area contributed by atoms with E-state index in [1.807, 2.05) is 0 Å². The maximum absolute atomic E-state index is 12.8. The first-order valence-corrected chi connectivity index (χ1v) is 6.52. The molecule has 1 nitrogen and oxygen atoms in total. The van der Waals surface area contributed by atoms with Crippen LogP contribution in [0.25, 0.3) is 0 Å². The Morgan fingerprint density at radius 2 is 1.58 bits per heavy atom. The summed E-state index contributed by atoms with van der Waals surface area (Å²) in [7, 11) is 0. The van der Waals surface area contributed by atoms with E-state index in [9.17, 15) is 13.2 Å². The third-order valence-electron chi connectivity index (χ3n) is 2.55. The summed E-state index contributed by atoms with van der Waals surface area (Å²) < 4.78 is 38.4. The molecule has 2 aromatic carbocycles. The van der Waals surface area contributed by atoms with Crippen LogP contribution in [0.1, 0.15) is 11.1 Å². The van der Waals surface area contributed by atoms with Crippen molar-refractivity contribution in [2.75, 3.05) is 0 Å². The lowest BCUT2D eigenvalue weighted by atomic mass is 10.1. The summed E-state index contributed by atoms with van der Waals surface area (Å²) >= 11 is 1.30. The SMILES string of the molecule is Oc1ccc(SCc2ccccc2C(F)(F)F)cc1. The molecule has 19 heavy (non-hydrogen) atoms. The van der Waals surface area contributed by atoms with Crippen LogP contribution in [0.3, 0.4) is 0 Å². The molecule has 0 saturated heterocycles. The highest BCUT2D eigenvalue weighted by Gasteiger charge is 2.32. The van der Waals surface area contributed by atoms with Crippen LogP contribution in [0.4, 0.5) is 13.2 Å². The van der Waals surface area contributed by atoms with Gasteiger partial charge in [0.15, 0.2) is 0 Å². The lowest BCUT2D eigenvalue weighted by Gasteiger charge is -2.12. The van der Waals surface area contributed by atoms with Crippen molar-refractivity contribution in [3.63, 3.8) is 0 Å². The number of aromatic hydroxyl groups is 1. The van der Waals surface area contributed by atoms with Gasteiger partial charge < -0.3 is 5.11 Å². The van der Waals surface area contributed by atoms with Gasteiger partial charge in [-0.3, -0.25) is 0 Å².